The highest BCUT2D eigenvalue weighted by molar-refractivity contribution is 6.02. The maximum absolute atomic E-state index is 13.0. The van der Waals surface area contributed by atoms with Gasteiger partial charge in [-0.25, -0.2) is 0 Å². The van der Waals surface area contributed by atoms with Gasteiger partial charge in [0, 0.05) is 6.54 Å². The highest BCUT2D eigenvalue weighted by Gasteiger charge is 2.52. The van der Waals surface area contributed by atoms with Crippen molar-refractivity contribution in [3.8, 4) is 0 Å². The predicted octanol–water partition coefficient (Wildman–Crippen LogP) is 2.21. The fraction of sp³-hybridized carbons (Fsp3) is 0.412. The molecule has 21 heavy (non-hydrogen) atoms. The van der Waals surface area contributed by atoms with Crippen LogP contribution in [-0.4, -0.2) is 28.8 Å². The average Bonchev–Trinajstić information content (AvgIpc) is 2.46. The molecule has 1 N–H and O–H groups in total. The first-order valence-corrected chi connectivity index (χ1v) is 7.15. The first-order chi connectivity index (χ1) is 9.84. The van der Waals surface area contributed by atoms with E-state index in [2.05, 4.69) is 5.32 Å². The van der Waals surface area contributed by atoms with E-state index in [-0.39, 0.29) is 11.8 Å². The van der Waals surface area contributed by atoms with E-state index >= 15 is 0 Å². The quantitative estimate of drug-likeness (QED) is 0.866. The summed E-state index contributed by atoms with van der Waals surface area (Å²) in [5, 5.41) is 2.90. The smallest absolute Gasteiger partial charge is 0.253 e. The van der Waals surface area contributed by atoms with Gasteiger partial charge in [0.25, 0.3) is 5.91 Å². The standard InChI is InChI=1S/C17H22N2O2/c1-5-6-12-19-15(21)17(4,13-10-8-7-9-11-13)18-14(20)16(19,2)3/h5-11H,12H2,1-4H3,(H,18,20)/b6-5+. The van der Waals surface area contributed by atoms with Crippen molar-refractivity contribution in [2.24, 2.45) is 0 Å². The van der Waals surface area contributed by atoms with Gasteiger partial charge in [0.2, 0.25) is 5.91 Å². The van der Waals surface area contributed by atoms with E-state index in [1.165, 1.54) is 0 Å². The summed E-state index contributed by atoms with van der Waals surface area (Å²) in [4.78, 5) is 27.1. The fourth-order valence-corrected chi connectivity index (χ4v) is 2.57. The molecule has 1 aliphatic heterocycles. The summed E-state index contributed by atoms with van der Waals surface area (Å²) in [7, 11) is 0. The number of benzene rings is 1. The van der Waals surface area contributed by atoms with E-state index in [4.69, 9.17) is 0 Å². The molecule has 0 spiro atoms. The minimum Gasteiger partial charge on any atom is -0.336 e. The van der Waals surface area contributed by atoms with E-state index in [1.807, 2.05) is 49.4 Å². The van der Waals surface area contributed by atoms with Crippen molar-refractivity contribution in [3.05, 3.63) is 48.0 Å². The van der Waals surface area contributed by atoms with Crippen molar-refractivity contribution in [1.29, 1.82) is 0 Å². The lowest BCUT2D eigenvalue weighted by Crippen LogP contribution is -2.71. The van der Waals surface area contributed by atoms with Crippen LogP contribution in [0.1, 0.15) is 33.3 Å². The lowest BCUT2D eigenvalue weighted by atomic mass is 9.83. The molecule has 4 nitrogen and oxygen atoms in total. The molecule has 1 aromatic carbocycles. The van der Waals surface area contributed by atoms with Crippen molar-refractivity contribution in [2.45, 2.75) is 38.8 Å². The summed E-state index contributed by atoms with van der Waals surface area (Å²) >= 11 is 0. The molecule has 2 amide bonds. The van der Waals surface area contributed by atoms with Crippen molar-refractivity contribution < 1.29 is 9.59 Å². The molecule has 0 radical (unpaired) electrons. The number of nitrogens with one attached hydrogen (secondary N) is 1. The Labute approximate surface area is 125 Å². The zero-order chi connectivity index (χ0) is 15.7. The topological polar surface area (TPSA) is 49.4 Å². The Morgan fingerprint density at radius 3 is 2.33 bits per heavy atom. The third kappa shape index (κ3) is 2.46. The predicted molar refractivity (Wildman–Crippen MR) is 82.5 cm³/mol. The second-order valence-corrected chi connectivity index (χ2v) is 5.99. The van der Waals surface area contributed by atoms with Crippen LogP contribution in [0.15, 0.2) is 42.5 Å². The summed E-state index contributed by atoms with van der Waals surface area (Å²) < 4.78 is 0. The average molecular weight is 286 g/mol. The summed E-state index contributed by atoms with van der Waals surface area (Å²) in [5.41, 5.74) is -1.08. The van der Waals surface area contributed by atoms with E-state index < -0.39 is 11.1 Å². The number of amides is 2. The molecule has 1 aliphatic rings. The monoisotopic (exact) mass is 286 g/mol. The Bertz CT molecular complexity index is 578. The lowest BCUT2D eigenvalue weighted by molar-refractivity contribution is -0.160. The van der Waals surface area contributed by atoms with E-state index in [9.17, 15) is 9.59 Å². The number of nitrogens with zero attached hydrogens (tertiary/aromatic N) is 1. The van der Waals surface area contributed by atoms with Gasteiger partial charge in [0.1, 0.15) is 11.1 Å². The van der Waals surface area contributed by atoms with Gasteiger partial charge in [-0.05, 0) is 33.3 Å². The third-order valence-electron chi connectivity index (χ3n) is 4.14. The number of hydrogen-bond donors (Lipinski definition) is 1. The molecular weight excluding hydrogens is 264 g/mol. The number of rotatable bonds is 3. The molecule has 112 valence electrons. The summed E-state index contributed by atoms with van der Waals surface area (Å²) in [5.74, 6) is -0.227. The Hall–Kier alpha value is -2.10. The van der Waals surface area contributed by atoms with Gasteiger partial charge in [0.15, 0.2) is 0 Å². The number of hydrogen-bond acceptors (Lipinski definition) is 2. The van der Waals surface area contributed by atoms with E-state index in [1.54, 1.807) is 25.7 Å². The molecule has 4 heteroatoms. The molecule has 0 aliphatic carbocycles. The molecule has 2 rings (SSSR count). The number of piperazine rings is 1. The fourth-order valence-electron chi connectivity index (χ4n) is 2.57. The largest absolute Gasteiger partial charge is 0.336 e. The molecule has 1 unspecified atom stereocenters. The van der Waals surface area contributed by atoms with Gasteiger partial charge < -0.3 is 10.2 Å². The van der Waals surface area contributed by atoms with Gasteiger partial charge >= 0.3 is 0 Å². The molecule has 1 atom stereocenters. The SMILES string of the molecule is C/C=C/CN1C(=O)C(C)(c2ccccc2)NC(=O)C1(C)C. The first kappa shape index (κ1) is 15.3. The van der Waals surface area contributed by atoms with Crippen molar-refractivity contribution >= 4 is 11.8 Å². The third-order valence-corrected chi connectivity index (χ3v) is 4.14. The normalized spacial score (nSPS) is 25.2. The second-order valence-electron chi connectivity index (χ2n) is 5.99. The van der Waals surface area contributed by atoms with Crippen molar-refractivity contribution in [1.82, 2.24) is 10.2 Å². The van der Waals surface area contributed by atoms with Crippen LogP contribution in [0.5, 0.6) is 0 Å². The number of carbonyl (C=O) groups is 2. The van der Waals surface area contributed by atoms with Gasteiger partial charge in [-0.2, -0.15) is 0 Å². The molecule has 1 fully saturated rings. The van der Waals surface area contributed by atoms with Gasteiger partial charge in [0.05, 0.1) is 0 Å². The van der Waals surface area contributed by atoms with Gasteiger partial charge in [-0.3, -0.25) is 9.59 Å². The number of allylic oxidation sites excluding steroid dienone is 1. The van der Waals surface area contributed by atoms with Crippen LogP contribution in [0.2, 0.25) is 0 Å². The Morgan fingerprint density at radius 2 is 1.76 bits per heavy atom. The summed E-state index contributed by atoms with van der Waals surface area (Å²) in [6, 6.07) is 9.37. The van der Waals surface area contributed by atoms with Crippen LogP contribution in [0.4, 0.5) is 0 Å². The molecule has 0 saturated carbocycles. The minimum absolute atomic E-state index is 0.0867. The summed E-state index contributed by atoms with van der Waals surface area (Å²) in [6.45, 7) is 7.64. The maximum atomic E-state index is 13.0. The molecule has 1 heterocycles. The zero-order valence-electron chi connectivity index (χ0n) is 13.0. The van der Waals surface area contributed by atoms with Crippen LogP contribution in [0.25, 0.3) is 0 Å². The van der Waals surface area contributed by atoms with Crippen LogP contribution in [0.3, 0.4) is 0 Å². The van der Waals surface area contributed by atoms with Crippen LogP contribution in [0, 0.1) is 0 Å². The Morgan fingerprint density at radius 1 is 1.14 bits per heavy atom. The maximum Gasteiger partial charge on any atom is 0.253 e. The van der Waals surface area contributed by atoms with E-state index in [0.717, 1.165) is 5.56 Å². The van der Waals surface area contributed by atoms with Crippen LogP contribution >= 0.6 is 0 Å². The lowest BCUT2D eigenvalue weighted by Gasteiger charge is -2.48. The van der Waals surface area contributed by atoms with Crippen LogP contribution in [-0.2, 0) is 15.1 Å². The first-order valence-electron chi connectivity index (χ1n) is 7.15. The van der Waals surface area contributed by atoms with Gasteiger partial charge in [-0.1, -0.05) is 42.5 Å². The molecule has 1 saturated heterocycles. The summed E-state index contributed by atoms with van der Waals surface area (Å²) in [6.07, 6.45) is 3.78. The highest BCUT2D eigenvalue weighted by Crippen LogP contribution is 2.32. The molecule has 0 bridgehead atoms. The Kier molecular flexibility index (Phi) is 3.90. The van der Waals surface area contributed by atoms with Crippen LogP contribution < -0.4 is 5.32 Å². The molecular formula is C17H22N2O2. The van der Waals surface area contributed by atoms with Crippen molar-refractivity contribution in [2.75, 3.05) is 6.54 Å². The van der Waals surface area contributed by atoms with E-state index in [0.29, 0.717) is 6.54 Å². The highest BCUT2D eigenvalue weighted by atomic mass is 16.2. The number of carbonyl (C=O) groups excluding carboxylic acids is 2. The minimum atomic E-state index is -1.02. The Balaban J connectivity index is 2.47. The van der Waals surface area contributed by atoms with Gasteiger partial charge in [-0.15, -0.1) is 0 Å². The zero-order valence-corrected chi connectivity index (χ0v) is 13.0. The second kappa shape index (κ2) is 5.35. The molecule has 0 aromatic heterocycles. The molecule has 1 aromatic rings. The van der Waals surface area contributed by atoms with Crippen molar-refractivity contribution in [3.63, 3.8) is 0 Å².